The summed E-state index contributed by atoms with van der Waals surface area (Å²) in [5.74, 6) is 0.283. The minimum atomic E-state index is -0.286. The van der Waals surface area contributed by atoms with Crippen molar-refractivity contribution in [2.45, 2.75) is 38.0 Å². The molecule has 2 aromatic rings. The summed E-state index contributed by atoms with van der Waals surface area (Å²) in [6, 6.07) is 5.63. The number of aliphatic hydroxyl groups excluding tert-OH is 1. The van der Waals surface area contributed by atoms with Gasteiger partial charge in [0.1, 0.15) is 6.29 Å². The van der Waals surface area contributed by atoms with Crippen LogP contribution in [0.4, 0.5) is 5.95 Å². The highest BCUT2D eigenvalue weighted by Gasteiger charge is 2.28. The molecule has 1 saturated carbocycles. The van der Waals surface area contributed by atoms with E-state index in [1.54, 1.807) is 6.07 Å². The standard InChI is InChI=1S/C19H19ClN4O3/c20-16-9-21-19(22-13-3-4-14(26)8-13)23-17(16)11-1-2-12-10-24(5-6-25)18(27)15(12)7-11/h1-2,6-7,9,13-14,26H,3-5,8,10H2,(H,21,22,23). The molecule has 140 valence electrons. The van der Waals surface area contributed by atoms with Crippen molar-refractivity contribution in [2.24, 2.45) is 0 Å². The molecule has 1 amide bonds. The number of anilines is 1. The van der Waals surface area contributed by atoms with Crippen LogP contribution in [0.1, 0.15) is 35.2 Å². The zero-order valence-corrected chi connectivity index (χ0v) is 15.3. The number of carbonyl (C=O) groups is 2. The second-order valence-electron chi connectivity index (χ2n) is 6.92. The smallest absolute Gasteiger partial charge is 0.254 e. The van der Waals surface area contributed by atoms with E-state index < -0.39 is 0 Å². The number of carbonyl (C=O) groups excluding carboxylic acids is 2. The Bertz CT molecular complexity index is 905. The monoisotopic (exact) mass is 386 g/mol. The third-order valence-electron chi connectivity index (χ3n) is 5.04. The number of aliphatic hydroxyl groups is 1. The van der Waals surface area contributed by atoms with Crippen LogP contribution in [0, 0.1) is 0 Å². The number of nitrogens with one attached hydrogen (secondary N) is 1. The molecular weight excluding hydrogens is 368 g/mol. The van der Waals surface area contributed by atoms with Gasteiger partial charge in [0, 0.05) is 23.7 Å². The minimum Gasteiger partial charge on any atom is -0.393 e. The Morgan fingerprint density at radius 3 is 2.96 bits per heavy atom. The number of aldehydes is 1. The van der Waals surface area contributed by atoms with Crippen LogP contribution in [-0.4, -0.2) is 50.9 Å². The molecule has 2 aliphatic rings. The average Bonchev–Trinajstić information content (AvgIpc) is 3.20. The van der Waals surface area contributed by atoms with E-state index in [1.165, 1.54) is 11.1 Å². The van der Waals surface area contributed by atoms with E-state index in [2.05, 4.69) is 15.3 Å². The molecule has 1 aliphatic carbocycles. The SMILES string of the molecule is O=CCN1Cc2ccc(-c3nc(NC4CCC(O)C4)ncc3Cl)cc2C1=O. The van der Waals surface area contributed by atoms with Crippen LogP contribution in [0.2, 0.25) is 5.02 Å². The maximum Gasteiger partial charge on any atom is 0.254 e. The lowest BCUT2D eigenvalue weighted by Gasteiger charge is -2.13. The highest BCUT2D eigenvalue weighted by Crippen LogP contribution is 2.31. The summed E-state index contributed by atoms with van der Waals surface area (Å²) in [5.41, 5.74) is 2.71. The molecule has 0 radical (unpaired) electrons. The predicted octanol–water partition coefficient (Wildman–Crippen LogP) is 2.28. The molecule has 2 heterocycles. The molecule has 1 fully saturated rings. The fourth-order valence-corrected chi connectivity index (χ4v) is 3.86. The number of nitrogens with zero attached hydrogens (tertiary/aromatic N) is 3. The molecule has 2 N–H and O–H groups in total. The van der Waals surface area contributed by atoms with Crippen LogP contribution >= 0.6 is 11.6 Å². The van der Waals surface area contributed by atoms with E-state index in [0.717, 1.165) is 30.3 Å². The Hall–Kier alpha value is -2.51. The number of aromatic nitrogens is 2. The average molecular weight is 387 g/mol. The van der Waals surface area contributed by atoms with Crippen LogP contribution in [0.5, 0.6) is 0 Å². The lowest BCUT2D eigenvalue weighted by Crippen LogP contribution is -2.25. The lowest BCUT2D eigenvalue weighted by molar-refractivity contribution is -0.108. The van der Waals surface area contributed by atoms with Gasteiger partial charge in [-0.2, -0.15) is 0 Å². The second kappa shape index (κ2) is 7.25. The van der Waals surface area contributed by atoms with Gasteiger partial charge >= 0.3 is 0 Å². The van der Waals surface area contributed by atoms with Gasteiger partial charge in [0.15, 0.2) is 0 Å². The second-order valence-corrected chi connectivity index (χ2v) is 7.33. The first kappa shape index (κ1) is 17.9. The molecule has 1 aromatic heterocycles. The highest BCUT2D eigenvalue weighted by atomic mass is 35.5. The number of halogens is 1. The summed E-state index contributed by atoms with van der Waals surface area (Å²) in [7, 11) is 0. The summed E-state index contributed by atoms with van der Waals surface area (Å²) in [4.78, 5) is 33.4. The molecule has 0 spiro atoms. The summed E-state index contributed by atoms with van der Waals surface area (Å²) in [5, 5.41) is 13.3. The van der Waals surface area contributed by atoms with E-state index in [4.69, 9.17) is 11.6 Å². The first-order valence-electron chi connectivity index (χ1n) is 8.88. The van der Waals surface area contributed by atoms with Crippen LogP contribution in [0.25, 0.3) is 11.3 Å². The fraction of sp³-hybridized carbons (Fsp3) is 0.368. The molecule has 4 rings (SSSR count). The maximum atomic E-state index is 12.4. The zero-order chi connectivity index (χ0) is 19.0. The summed E-state index contributed by atoms with van der Waals surface area (Å²) in [6.07, 6.45) is 4.27. The molecule has 1 aliphatic heterocycles. The molecule has 7 nitrogen and oxygen atoms in total. The quantitative estimate of drug-likeness (QED) is 0.765. The van der Waals surface area contributed by atoms with E-state index in [-0.39, 0.29) is 24.6 Å². The lowest BCUT2D eigenvalue weighted by atomic mass is 10.0. The van der Waals surface area contributed by atoms with Crippen LogP contribution in [0.3, 0.4) is 0 Å². The van der Waals surface area contributed by atoms with Crippen molar-refractivity contribution in [3.8, 4) is 11.3 Å². The zero-order valence-electron chi connectivity index (χ0n) is 14.6. The van der Waals surface area contributed by atoms with Gasteiger partial charge < -0.3 is 20.1 Å². The van der Waals surface area contributed by atoms with Crippen LogP contribution < -0.4 is 5.32 Å². The Morgan fingerprint density at radius 2 is 2.22 bits per heavy atom. The molecule has 27 heavy (non-hydrogen) atoms. The Kier molecular flexibility index (Phi) is 4.80. The van der Waals surface area contributed by atoms with Gasteiger partial charge in [0.25, 0.3) is 5.91 Å². The first-order chi connectivity index (χ1) is 13.0. The minimum absolute atomic E-state index is 0.0818. The van der Waals surface area contributed by atoms with E-state index in [9.17, 15) is 14.7 Å². The van der Waals surface area contributed by atoms with Gasteiger partial charge in [-0.05, 0) is 30.9 Å². The number of benzene rings is 1. The summed E-state index contributed by atoms with van der Waals surface area (Å²) in [6.45, 7) is 0.514. The summed E-state index contributed by atoms with van der Waals surface area (Å²) < 4.78 is 0. The third kappa shape index (κ3) is 3.52. The Labute approximate surface area is 161 Å². The number of hydrogen-bond donors (Lipinski definition) is 2. The molecule has 1 aromatic carbocycles. The Morgan fingerprint density at radius 1 is 1.37 bits per heavy atom. The van der Waals surface area contributed by atoms with Crippen molar-refractivity contribution in [1.29, 1.82) is 0 Å². The highest BCUT2D eigenvalue weighted by molar-refractivity contribution is 6.33. The van der Waals surface area contributed by atoms with Crippen molar-refractivity contribution >= 4 is 29.7 Å². The molecule has 0 saturated heterocycles. The third-order valence-corrected chi connectivity index (χ3v) is 5.32. The topological polar surface area (TPSA) is 95.4 Å². The fourth-order valence-electron chi connectivity index (χ4n) is 3.66. The number of amides is 1. The van der Waals surface area contributed by atoms with Crippen LogP contribution in [0.15, 0.2) is 24.4 Å². The normalized spacial score (nSPS) is 21.4. The molecule has 0 bridgehead atoms. The summed E-state index contributed by atoms with van der Waals surface area (Å²) >= 11 is 6.30. The van der Waals surface area contributed by atoms with Gasteiger partial charge in [-0.3, -0.25) is 4.79 Å². The predicted molar refractivity (Wildman–Crippen MR) is 101 cm³/mol. The van der Waals surface area contributed by atoms with Crippen molar-refractivity contribution in [2.75, 3.05) is 11.9 Å². The number of rotatable bonds is 5. The van der Waals surface area contributed by atoms with Gasteiger partial charge in [-0.25, -0.2) is 9.97 Å². The molecule has 2 unspecified atom stereocenters. The number of hydrogen-bond acceptors (Lipinski definition) is 6. The first-order valence-corrected chi connectivity index (χ1v) is 9.26. The van der Waals surface area contributed by atoms with Crippen LogP contribution in [-0.2, 0) is 11.3 Å². The molecule has 2 atom stereocenters. The number of fused-ring (bicyclic) bond motifs is 1. The van der Waals surface area contributed by atoms with E-state index in [0.29, 0.717) is 35.2 Å². The van der Waals surface area contributed by atoms with Gasteiger partial charge in [-0.1, -0.05) is 23.7 Å². The van der Waals surface area contributed by atoms with E-state index in [1.807, 2.05) is 12.1 Å². The Balaban J connectivity index is 1.61. The molecule has 8 heteroatoms. The van der Waals surface area contributed by atoms with Crippen molar-refractivity contribution in [3.63, 3.8) is 0 Å². The van der Waals surface area contributed by atoms with Gasteiger partial charge in [0.05, 0.1) is 29.6 Å². The van der Waals surface area contributed by atoms with Crippen molar-refractivity contribution in [1.82, 2.24) is 14.9 Å². The van der Waals surface area contributed by atoms with Gasteiger partial charge in [0.2, 0.25) is 5.95 Å². The van der Waals surface area contributed by atoms with Crippen molar-refractivity contribution < 1.29 is 14.7 Å². The van der Waals surface area contributed by atoms with Crippen molar-refractivity contribution in [3.05, 3.63) is 40.5 Å². The molecular formula is C19H19ClN4O3. The maximum absolute atomic E-state index is 12.4. The van der Waals surface area contributed by atoms with Gasteiger partial charge in [-0.15, -0.1) is 0 Å². The largest absolute Gasteiger partial charge is 0.393 e. The van der Waals surface area contributed by atoms with E-state index >= 15 is 0 Å².